The van der Waals surface area contributed by atoms with E-state index >= 15 is 0 Å². The second-order valence-electron chi connectivity index (χ2n) is 5.81. The van der Waals surface area contributed by atoms with Crippen molar-refractivity contribution in [2.24, 2.45) is 0 Å². The molecule has 0 fully saturated rings. The number of rotatable bonds is 10. The van der Waals surface area contributed by atoms with E-state index in [0.29, 0.717) is 22.5 Å². The van der Waals surface area contributed by atoms with Crippen LogP contribution in [0, 0.1) is 0 Å². The number of ether oxygens (including phenoxy) is 2. The van der Waals surface area contributed by atoms with Crippen LogP contribution in [0.15, 0.2) is 53.0 Å². The molecule has 1 heterocycles. The van der Waals surface area contributed by atoms with Gasteiger partial charge < -0.3 is 29.9 Å². The van der Waals surface area contributed by atoms with Crippen molar-refractivity contribution in [1.29, 1.82) is 0 Å². The van der Waals surface area contributed by atoms with Crippen molar-refractivity contribution in [3.63, 3.8) is 0 Å². The van der Waals surface area contributed by atoms with Gasteiger partial charge >= 0.3 is 5.97 Å². The Morgan fingerprint density at radius 1 is 0.962 bits per heavy atom. The predicted molar refractivity (Wildman–Crippen MR) is 93.4 cm³/mol. The van der Waals surface area contributed by atoms with Gasteiger partial charge in [0.05, 0.1) is 6.42 Å². The second kappa shape index (κ2) is 9.96. The summed E-state index contributed by atoms with van der Waals surface area (Å²) in [6.07, 6.45) is -0.390. The molecule has 4 N–H and O–H groups in total. The van der Waals surface area contributed by atoms with E-state index in [-0.39, 0.29) is 51.4 Å². The van der Waals surface area contributed by atoms with Crippen LogP contribution >= 0.6 is 0 Å². The number of benzene rings is 1. The molecule has 1 aliphatic rings. The Hall–Kier alpha value is -2.35. The summed E-state index contributed by atoms with van der Waals surface area (Å²) in [5.74, 6) is -0.402. The van der Waals surface area contributed by atoms with Crippen molar-refractivity contribution in [3.05, 3.63) is 53.0 Å². The molecule has 0 aliphatic carbocycles. The van der Waals surface area contributed by atoms with Gasteiger partial charge in [-0.15, -0.1) is 0 Å². The zero-order valence-corrected chi connectivity index (χ0v) is 14.4. The van der Waals surface area contributed by atoms with Gasteiger partial charge in [-0.2, -0.15) is 0 Å². The van der Waals surface area contributed by atoms with Crippen molar-refractivity contribution in [1.82, 2.24) is 0 Å². The standard InChI is InChI=1S/C19H24O7/c20-9-6-14-15(7-10-21)17(12-18(23)24)26-19(16(14)8-11-22)25-13-4-2-1-3-5-13/h1-5,17,20-22H,6-12H2,(H,23,24). The first-order valence-electron chi connectivity index (χ1n) is 8.50. The first-order chi connectivity index (χ1) is 12.6. The average molecular weight is 364 g/mol. The molecule has 2 rings (SSSR count). The van der Waals surface area contributed by atoms with Crippen LogP contribution in [0.1, 0.15) is 25.7 Å². The molecule has 1 unspecified atom stereocenters. The van der Waals surface area contributed by atoms with Crippen LogP contribution < -0.4 is 4.74 Å². The van der Waals surface area contributed by atoms with Gasteiger partial charge in [-0.3, -0.25) is 4.79 Å². The number of hydrogen-bond donors (Lipinski definition) is 4. The van der Waals surface area contributed by atoms with E-state index < -0.39 is 12.1 Å². The van der Waals surface area contributed by atoms with Gasteiger partial charge in [0.1, 0.15) is 11.9 Å². The summed E-state index contributed by atoms with van der Waals surface area (Å²) in [5.41, 5.74) is 1.88. The Bertz CT molecular complexity index is 664. The highest BCUT2D eigenvalue weighted by Gasteiger charge is 2.32. The first-order valence-corrected chi connectivity index (χ1v) is 8.50. The molecular formula is C19H24O7. The molecule has 0 spiro atoms. The van der Waals surface area contributed by atoms with Gasteiger partial charge in [0, 0.05) is 31.8 Å². The van der Waals surface area contributed by atoms with Crippen molar-refractivity contribution in [2.45, 2.75) is 31.8 Å². The van der Waals surface area contributed by atoms with E-state index in [2.05, 4.69) is 0 Å². The first kappa shape index (κ1) is 20.0. The predicted octanol–water partition coefficient (Wildman–Crippen LogP) is 1.59. The fourth-order valence-corrected chi connectivity index (χ4v) is 3.01. The smallest absolute Gasteiger partial charge is 0.307 e. The van der Waals surface area contributed by atoms with Crippen LogP contribution in [0.3, 0.4) is 0 Å². The summed E-state index contributed by atoms with van der Waals surface area (Å²) in [7, 11) is 0. The third-order valence-electron chi connectivity index (χ3n) is 4.05. The Morgan fingerprint density at radius 2 is 1.58 bits per heavy atom. The maximum Gasteiger partial charge on any atom is 0.307 e. The fraction of sp³-hybridized carbons (Fsp3) is 0.421. The number of aliphatic hydroxyl groups excluding tert-OH is 3. The summed E-state index contributed by atoms with van der Waals surface area (Å²) in [6, 6.07) is 8.89. The Labute approximate surface area is 151 Å². The van der Waals surface area contributed by atoms with Gasteiger partial charge in [0.15, 0.2) is 0 Å². The van der Waals surface area contributed by atoms with Crippen LogP contribution in [0.4, 0.5) is 0 Å². The zero-order valence-electron chi connectivity index (χ0n) is 14.4. The highest BCUT2D eigenvalue weighted by Crippen LogP contribution is 2.37. The summed E-state index contributed by atoms with van der Waals surface area (Å²) in [4.78, 5) is 11.2. The lowest BCUT2D eigenvalue weighted by molar-refractivity contribution is -0.139. The third-order valence-corrected chi connectivity index (χ3v) is 4.05. The Morgan fingerprint density at radius 3 is 2.15 bits per heavy atom. The minimum atomic E-state index is -1.04. The quantitative estimate of drug-likeness (QED) is 0.498. The number of para-hydroxylation sites is 1. The lowest BCUT2D eigenvalue weighted by Gasteiger charge is -2.32. The molecule has 7 heteroatoms. The molecule has 142 valence electrons. The highest BCUT2D eigenvalue weighted by molar-refractivity contribution is 5.68. The average Bonchev–Trinajstić information content (AvgIpc) is 2.61. The molecule has 1 aliphatic heterocycles. The van der Waals surface area contributed by atoms with E-state index in [4.69, 9.17) is 9.47 Å². The summed E-state index contributed by atoms with van der Waals surface area (Å²) in [5, 5.41) is 37.5. The van der Waals surface area contributed by atoms with E-state index in [1.807, 2.05) is 6.07 Å². The zero-order chi connectivity index (χ0) is 18.9. The van der Waals surface area contributed by atoms with Crippen molar-refractivity contribution in [3.8, 4) is 5.75 Å². The molecule has 0 saturated heterocycles. The Balaban J connectivity index is 2.49. The van der Waals surface area contributed by atoms with Crippen LogP contribution in [0.5, 0.6) is 5.75 Å². The van der Waals surface area contributed by atoms with Gasteiger partial charge in [-0.1, -0.05) is 18.2 Å². The number of aliphatic hydroxyl groups is 3. The fourth-order valence-electron chi connectivity index (χ4n) is 3.01. The minimum absolute atomic E-state index is 0.127. The molecule has 7 nitrogen and oxygen atoms in total. The molecular weight excluding hydrogens is 340 g/mol. The van der Waals surface area contributed by atoms with Crippen LogP contribution in [-0.2, 0) is 9.53 Å². The molecule has 1 atom stereocenters. The van der Waals surface area contributed by atoms with Gasteiger partial charge in [0.2, 0.25) is 0 Å². The van der Waals surface area contributed by atoms with Crippen molar-refractivity contribution in [2.75, 3.05) is 19.8 Å². The van der Waals surface area contributed by atoms with Gasteiger partial charge in [0.25, 0.3) is 5.95 Å². The molecule has 0 bridgehead atoms. The van der Waals surface area contributed by atoms with E-state index in [1.54, 1.807) is 24.3 Å². The maximum atomic E-state index is 11.2. The highest BCUT2D eigenvalue weighted by atomic mass is 16.7. The Kier molecular flexibility index (Phi) is 7.65. The molecule has 1 aromatic rings. The molecule has 26 heavy (non-hydrogen) atoms. The third kappa shape index (κ3) is 5.08. The number of aliphatic carboxylic acids is 1. The lowest BCUT2D eigenvalue weighted by Crippen LogP contribution is -2.29. The minimum Gasteiger partial charge on any atom is -0.481 e. The summed E-state index contributed by atoms with van der Waals surface area (Å²) < 4.78 is 11.6. The van der Waals surface area contributed by atoms with Crippen molar-refractivity contribution < 1.29 is 34.7 Å². The van der Waals surface area contributed by atoms with Gasteiger partial charge in [-0.25, -0.2) is 0 Å². The SMILES string of the molecule is O=C(O)CC1OC(Oc2ccccc2)=C(CCO)C(CCO)=C1CCO. The normalized spacial score (nSPS) is 17.3. The molecule has 0 radical (unpaired) electrons. The lowest BCUT2D eigenvalue weighted by atomic mass is 9.88. The monoisotopic (exact) mass is 364 g/mol. The van der Waals surface area contributed by atoms with Crippen LogP contribution in [0.2, 0.25) is 0 Å². The van der Waals surface area contributed by atoms with Crippen molar-refractivity contribution >= 4 is 5.97 Å². The molecule has 0 aromatic heterocycles. The second-order valence-corrected chi connectivity index (χ2v) is 5.81. The van der Waals surface area contributed by atoms with E-state index in [1.165, 1.54) is 0 Å². The molecule has 1 aromatic carbocycles. The topological polar surface area (TPSA) is 116 Å². The number of carboxylic acids is 1. The van der Waals surface area contributed by atoms with E-state index in [0.717, 1.165) is 0 Å². The van der Waals surface area contributed by atoms with Crippen LogP contribution in [0.25, 0.3) is 0 Å². The molecule has 0 amide bonds. The number of hydrogen-bond acceptors (Lipinski definition) is 6. The maximum absolute atomic E-state index is 11.2. The number of carboxylic acid groups (broad SMARTS) is 1. The number of carbonyl (C=O) groups is 1. The largest absolute Gasteiger partial charge is 0.481 e. The summed E-state index contributed by atoms with van der Waals surface area (Å²) >= 11 is 0. The summed E-state index contributed by atoms with van der Waals surface area (Å²) in [6.45, 7) is -0.492. The van der Waals surface area contributed by atoms with Gasteiger partial charge in [-0.05, 0) is 36.1 Å². The van der Waals surface area contributed by atoms with Crippen LogP contribution in [-0.4, -0.2) is 52.3 Å². The van der Waals surface area contributed by atoms with E-state index in [9.17, 15) is 25.2 Å². The molecule has 0 saturated carbocycles.